The Bertz CT molecular complexity index is 1310. The molecule has 13 heteroatoms. The molecule has 1 amide bonds. The number of benzene rings is 1. The third-order valence-electron chi connectivity index (χ3n) is 4.82. The molecule has 11 nitrogen and oxygen atoms in total. The molecule has 2 aliphatic rings. The summed E-state index contributed by atoms with van der Waals surface area (Å²) >= 11 is 0.869. The SMILES string of the molecule is O=C(O)C(=O)Nc1sc2c(c1C(=O)O)CCOC2COC1=NS(=O)(=O)C(c2ccccc2)=C1. The lowest BCUT2D eigenvalue weighted by Crippen LogP contribution is -2.23. The smallest absolute Gasteiger partial charge is 0.394 e. The molecule has 2 aliphatic heterocycles. The van der Waals surface area contributed by atoms with Gasteiger partial charge in [0.25, 0.3) is 10.0 Å². The second-order valence-electron chi connectivity index (χ2n) is 6.91. The number of anilines is 1. The van der Waals surface area contributed by atoms with Crippen LogP contribution >= 0.6 is 11.3 Å². The molecule has 0 spiro atoms. The zero-order chi connectivity index (χ0) is 23.8. The summed E-state index contributed by atoms with van der Waals surface area (Å²) in [6.07, 6.45) is 0.761. The van der Waals surface area contributed by atoms with Gasteiger partial charge in [0.05, 0.1) is 12.2 Å². The highest BCUT2D eigenvalue weighted by Crippen LogP contribution is 2.41. The molecule has 1 aromatic carbocycles. The van der Waals surface area contributed by atoms with Crippen LogP contribution < -0.4 is 5.32 Å². The molecule has 1 aromatic heterocycles. The van der Waals surface area contributed by atoms with E-state index in [0.29, 0.717) is 16.0 Å². The molecule has 3 N–H and O–H groups in total. The van der Waals surface area contributed by atoms with Crippen molar-refractivity contribution in [2.75, 3.05) is 18.5 Å². The van der Waals surface area contributed by atoms with Crippen molar-refractivity contribution in [2.45, 2.75) is 12.5 Å². The summed E-state index contributed by atoms with van der Waals surface area (Å²) in [5.74, 6) is -4.58. The van der Waals surface area contributed by atoms with Gasteiger partial charge in [-0.05, 0) is 17.5 Å². The van der Waals surface area contributed by atoms with Crippen molar-refractivity contribution in [3.63, 3.8) is 0 Å². The van der Waals surface area contributed by atoms with E-state index in [-0.39, 0.29) is 41.0 Å². The van der Waals surface area contributed by atoms with Gasteiger partial charge in [-0.3, -0.25) is 4.79 Å². The van der Waals surface area contributed by atoms with E-state index in [1.165, 1.54) is 6.08 Å². The number of carboxylic acids is 2. The van der Waals surface area contributed by atoms with Crippen molar-refractivity contribution in [2.24, 2.45) is 4.40 Å². The van der Waals surface area contributed by atoms with Crippen LogP contribution in [0.4, 0.5) is 5.00 Å². The molecule has 0 saturated carbocycles. The fourth-order valence-corrected chi connectivity index (χ4v) is 5.80. The first-order chi connectivity index (χ1) is 15.7. The van der Waals surface area contributed by atoms with Gasteiger partial charge in [-0.1, -0.05) is 30.3 Å². The van der Waals surface area contributed by atoms with Crippen LogP contribution in [0.1, 0.15) is 32.5 Å². The molecule has 0 fully saturated rings. The first-order valence-electron chi connectivity index (χ1n) is 9.47. The lowest BCUT2D eigenvalue weighted by molar-refractivity contribution is -0.147. The molecule has 2 aromatic rings. The van der Waals surface area contributed by atoms with E-state index in [0.717, 1.165) is 11.3 Å². The number of amides is 1. The van der Waals surface area contributed by atoms with Crippen LogP contribution in [0.25, 0.3) is 4.91 Å². The zero-order valence-electron chi connectivity index (χ0n) is 16.7. The van der Waals surface area contributed by atoms with Crippen LogP contribution in [0.3, 0.4) is 0 Å². The van der Waals surface area contributed by atoms with E-state index < -0.39 is 34.0 Å². The van der Waals surface area contributed by atoms with Gasteiger partial charge in [-0.15, -0.1) is 15.7 Å². The van der Waals surface area contributed by atoms with Crippen molar-refractivity contribution in [3.8, 4) is 0 Å². The van der Waals surface area contributed by atoms with Crippen LogP contribution in [-0.4, -0.2) is 55.6 Å². The van der Waals surface area contributed by atoms with Gasteiger partial charge >= 0.3 is 17.8 Å². The predicted molar refractivity (Wildman–Crippen MR) is 117 cm³/mol. The molecule has 33 heavy (non-hydrogen) atoms. The van der Waals surface area contributed by atoms with E-state index in [2.05, 4.69) is 9.71 Å². The number of aliphatic carboxylic acids is 1. The molecular formula is C20H16N2O9S2. The Morgan fingerprint density at radius 3 is 2.61 bits per heavy atom. The molecule has 3 heterocycles. The van der Waals surface area contributed by atoms with Crippen LogP contribution in [-0.2, 0) is 35.5 Å². The van der Waals surface area contributed by atoms with Gasteiger partial charge in [0.15, 0.2) is 0 Å². The van der Waals surface area contributed by atoms with Gasteiger partial charge in [0, 0.05) is 11.0 Å². The number of carbonyl (C=O) groups excluding carboxylic acids is 1. The second kappa shape index (κ2) is 8.77. The van der Waals surface area contributed by atoms with E-state index in [4.69, 9.17) is 14.6 Å². The number of fused-ring (bicyclic) bond motifs is 1. The highest BCUT2D eigenvalue weighted by atomic mass is 32.2. The van der Waals surface area contributed by atoms with Crippen LogP contribution in [0.5, 0.6) is 0 Å². The highest BCUT2D eigenvalue weighted by Gasteiger charge is 2.34. The summed E-state index contributed by atoms with van der Waals surface area (Å²) in [6, 6.07) is 8.40. The number of thiophene rings is 1. The molecular weight excluding hydrogens is 476 g/mol. The first-order valence-corrected chi connectivity index (χ1v) is 11.7. The lowest BCUT2D eigenvalue weighted by atomic mass is 10.0. The minimum Gasteiger partial charge on any atom is -0.478 e. The van der Waals surface area contributed by atoms with Crippen molar-refractivity contribution in [1.29, 1.82) is 0 Å². The van der Waals surface area contributed by atoms with E-state index in [9.17, 15) is 27.9 Å². The van der Waals surface area contributed by atoms with Crippen LogP contribution in [0.15, 0.2) is 40.8 Å². The quantitative estimate of drug-likeness (QED) is 0.528. The molecule has 0 aliphatic carbocycles. The summed E-state index contributed by atoms with van der Waals surface area (Å²) < 4.78 is 39.6. The Balaban J connectivity index is 1.57. The van der Waals surface area contributed by atoms with E-state index in [1.807, 2.05) is 0 Å². The summed E-state index contributed by atoms with van der Waals surface area (Å²) in [6.45, 7) is -0.0218. The molecule has 172 valence electrons. The van der Waals surface area contributed by atoms with Crippen molar-refractivity contribution in [1.82, 2.24) is 0 Å². The van der Waals surface area contributed by atoms with Gasteiger partial charge in [-0.2, -0.15) is 8.42 Å². The molecule has 1 unspecified atom stereocenters. The third-order valence-corrected chi connectivity index (χ3v) is 7.39. The van der Waals surface area contributed by atoms with E-state index >= 15 is 0 Å². The Morgan fingerprint density at radius 1 is 1.21 bits per heavy atom. The van der Waals surface area contributed by atoms with Crippen molar-refractivity contribution < 1.29 is 42.5 Å². The predicted octanol–water partition coefficient (Wildman–Crippen LogP) is 1.88. The third kappa shape index (κ3) is 4.51. The zero-order valence-corrected chi connectivity index (χ0v) is 18.3. The summed E-state index contributed by atoms with van der Waals surface area (Å²) in [5.41, 5.74) is 0.652. The van der Waals surface area contributed by atoms with Crippen molar-refractivity contribution in [3.05, 3.63) is 58.0 Å². The number of hydrogen-bond acceptors (Lipinski definition) is 8. The minimum absolute atomic E-state index is 0.00805. The van der Waals surface area contributed by atoms with Crippen molar-refractivity contribution >= 4 is 55.0 Å². The number of sulfonamides is 1. The van der Waals surface area contributed by atoms with Gasteiger partial charge in [-0.25, -0.2) is 9.59 Å². The Hall–Kier alpha value is -3.55. The van der Waals surface area contributed by atoms with Gasteiger partial charge in [0.1, 0.15) is 22.6 Å². The molecule has 1 atom stereocenters. The fourth-order valence-electron chi connectivity index (χ4n) is 3.41. The van der Waals surface area contributed by atoms with Crippen LogP contribution in [0.2, 0.25) is 0 Å². The Labute approximate surface area is 191 Å². The number of nitrogens with one attached hydrogen (secondary N) is 1. The molecule has 0 saturated heterocycles. The number of hydrogen-bond donors (Lipinski definition) is 3. The van der Waals surface area contributed by atoms with Gasteiger partial charge in [0.2, 0.25) is 5.90 Å². The van der Waals surface area contributed by atoms with Gasteiger partial charge < -0.3 is 25.0 Å². The highest BCUT2D eigenvalue weighted by molar-refractivity contribution is 8.00. The number of nitrogens with zero attached hydrogens (tertiary/aromatic N) is 1. The molecule has 0 radical (unpaired) electrons. The average molecular weight is 492 g/mol. The molecule has 4 rings (SSSR count). The topological polar surface area (TPSA) is 169 Å². The Morgan fingerprint density at radius 2 is 1.94 bits per heavy atom. The lowest BCUT2D eigenvalue weighted by Gasteiger charge is -2.23. The number of aromatic carboxylic acids is 1. The molecule has 0 bridgehead atoms. The normalized spacial score (nSPS) is 18.6. The minimum atomic E-state index is -3.93. The summed E-state index contributed by atoms with van der Waals surface area (Å²) in [5, 5.41) is 20.4. The summed E-state index contributed by atoms with van der Waals surface area (Å²) in [4.78, 5) is 34.6. The number of carboxylic acid groups (broad SMARTS) is 2. The second-order valence-corrected chi connectivity index (χ2v) is 9.54. The average Bonchev–Trinajstić information content (AvgIpc) is 3.29. The van der Waals surface area contributed by atoms with E-state index in [1.54, 1.807) is 30.3 Å². The first kappa shape index (κ1) is 22.6. The van der Waals surface area contributed by atoms with Crippen LogP contribution in [0, 0.1) is 0 Å². The number of ether oxygens (including phenoxy) is 2. The monoisotopic (exact) mass is 492 g/mol. The standard InChI is InChI=1S/C20H16N2O9S2/c23-17(20(26)27)21-18-15(19(24)25)11-6-7-30-12(16(11)32-18)9-31-14-8-13(33(28,29)22-14)10-4-2-1-3-5-10/h1-5,8,12H,6-7,9H2,(H,21,23)(H,24,25)(H,26,27). The number of rotatable bonds is 5. The summed E-state index contributed by atoms with van der Waals surface area (Å²) in [7, 11) is -3.93. The maximum atomic E-state index is 12.4. The maximum absolute atomic E-state index is 12.4. The number of carbonyl (C=O) groups is 3. The maximum Gasteiger partial charge on any atom is 0.394 e. The Kier molecular flexibility index (Phi) is 6.01. The fraction of sp³-hybridized carbons (Fsp3) is 0.200. The largest absolute Gasteiger partial charge is 0.478 e.